The number of fused-ring (bicyclic) bond motifs is 1. The third kappa shape index (κ3) is 5.28. The number of hydrogen-bond acceptors (Lipinski definition) is 6. The molecular formula is C22H23FN2O4S2. The fourth-order valence-electron chi connectivity index (χ4n) is 3.80. The number of nitrogens with zero attached hydrogens (tertiary/aromatic N) is 1. The molecule has 1 saturated heterocycles. The standard InChI is InChI=1S/C22H23FN2O4S2/c1-31(27,28)17-5-2-15(3-6-17)18(12-14-8-10-29-11-9-14)21(26)25-22-24-19-7-4-16(23)13-20(19)30-22/h2-7,13-14,18H,8-12H2,1H3,(H,24,25,26). The van der Waals surface area contributed by atoms with E-state index >= 15 is 0 Å². The summed E-state index contributed by atoms with van der Waals surface area (Å²) in [5.41, 5.74) is 1.38. The van der Waals surface area contributed by atoms with Crippen molar-refractivity contribution in [3.63, 3.8) is 0 Å². The number of anilines is 1. The minimum atomic E-state index is -3.32. The van der Waals surface area contributed by atoms with Crippen LogP contribution in [0.4, 0.5) is 9.52 Å². The van der Waals surface area contributed by atoms with Gasteiger partial charge in [-0.05, 0) is 61.1 Å². The Kier molecular flexibility index (Phi) is 6.36. The van der Waals surface area contributed by atoms with Gasteiger partial charge in [0, 0.05) is 19.5 Å². The maximum absolute atomic E-state index is 13.5. The lowest BCUT2D eigenvalue weighted by atomic mass is 9.84. The summed E-state index contributed by atoms with van der Waals surface area (Å²) in [6.45, 7) is 1.35. The van der Waals surface area contributed by atoms with E-state index in [2.05, 4.69) is 10.3 Å². The first-order chi connectivity index (χ1) is 14.8. The van der Waals surface area contributed by atoms with Crippen LogP contribution in [0.1, 0.15) is 30.7 Å². The van der Waals surface area contributed by atoms with E-state index in [0.717, 1.165) is 24.7 Å². The number of ether oxygens (including phenoxy) is 1. The summed E-state index contributed by atoms with van der Waals surface area (Å²) in [5.74, 6) is -0.681. The largest absolute Gasteiger partial charge is 0.381 e. The van der Waals surface area contributed by atoms with Crippen LogP contribution in [-0.4, -0.2) is 38.8 Å². The fraction of sp³-hybridized carbons (Fsp3) is 0.364. The van der Waals surface area contributed by atoms with Gasteiger partial charge in [0.25, 0.3) is 0 Å². The first kappa shape index (κ1) is 21.9. The van der Waals surface area contributed by atoms with Gasteiger partial charge in [-0.25, -0.2) is 17.8 Å². The van der Waals surface area contributed by atoms with E-state index in [4.69, 9.17) is 4.74 Å². The first-order valence-electron chi connectivity index (χ1n) is 10.0. The van der Waals surface area contributed by atoms with E-state index in [0.29, 0.717) is 40.9 Å². The van der Waals surface area contributed by atoms with E-state index in [1.54, 1.807) is 18.2 Å². The minimum absolute atomic E-state index is 0.210. The monoisotopic (exact) mass is 462 g/mol. The minimum Gasteiger partial charge on any atom is -0.381 e. The van der Waals surface area contributed by atoms with E-state index in [1.807, 2.05) is 0 Å². The van der Waals surface area contributed by atoms with Crippen molar-refractivity contribution in [3.8, 4) is 0 Å². The molecule has 1 unspecified atom stereocenters. The third-order valence-corrected chi connectivity index (χ3v) is 7.58. The Morgan fingerprint density at radius 1 is 1.23 bits per heavy atom. The average molecular weight is 463 g/mol. The maximum Gasteiger partial charge on any atom is 0.233 e. The fourth-order valence-corrected chi connectivity index (χ4v) is 5.33. The van der Waals surface area contributed by atoms with Crippen LogP contribution < -0.4 is 5.32 Å². The number of nitrogens with one attached hydrogen (secondary N) is 1. The maximum atomic E-state index is 13.5. The van der Waals surface area contributed by atoms with Gasteiger partial charge in [-0.3, -0.25) is 4.79 Å². The van der Waals surface area contributed by atoms with Crippen molar-refractivity contribution in [2.75, 3.05) is 24.8 Å². The van der Waals surface area contributed by atoms with Gasteiger partial charge in [-0.15, -0.1) is 0 Å². The van der Waals surface area contributed by atoms with Crippen LogP contribution in [0.15, 0.2) is 47.4 Å². The molecule has 1 N–H and O–H groups in total. The van der Waals surface area contributed by atoms with Gasteiger partial charge in [0.2, 0.25) is 5.91 Å². The molecule has 0 bridgehead atoms. The molecule has 0 spiro atoms. The van der Waals surface area contributed by atoms with Gasteiger partial charge < -0.3 is 10.1 Å². The van der Waals surface area contributed by atoms with Gasteiger partial charge in [-0.1, -0.05) is 23.5 Å². The molecule has 1 amide bonds. The van der Waals surface area contributed by atoms with Gasteiger partial charge in [0.1, 0.15) is 5.82 Å². The highest BCUT2D eigenvalue weighted by atomic mass is 32.2. The highest BCUT2D eigenvalue weighted by Gasteiger charge is 2.27. The molecule has 0 radical (unpaired) electrons. The Balaban J connectivity index is 1.59. The molecule has 4 rings (SSSR count). The van der Waals surface area contributed by atoms with Crippen molar-refractivity contribution in [2.24, 2.45) is 5.92 Å². The second-order valence-corrected chi connectivity index (χ2v) is 10.9. The smallest absolute Gasteiger partial charge is 0.233 e. The molecule has 31 heavy (non-hydrogen) atoms. The predicted molar refractivity (Wildman–Crippen MR) is 119 cm³/mol. The van der Waals surface area contributed by atoms with E-state index in [1.165, 1.54) is 35.6 Å². The summed E-state index contributed by atoms with van der Waals surface area (Å²) in [6.07, 6.45) is 3.55. The topological polar surface area (TPSA) is 85.4 Å². The number of carbonyl (C=O) groups is 1. The zero-order chi connectivity index (χ0) is 22.0. The molecule has 6 nitrogen and oxygen atoms in total. The highest BCUT2D eigenvalue weighted by Crippen LogP contribution is 2.33. The lowest BCUT2D eigenvalue weighted by Crippen LogP contribution is -2.26. The quantitative estimate of drug-likeness (QED) is 0.588. The third-order valence-electron chi connectivity index (χ3n) is 5.52. The molecule has 1 aliphatic heterocycles. The summed E-state index contributed by atoms with van der Waals surface area (Å²) in [4.78, 5) is 17.8. The van der Waals surface area contributed by atoms with Crippen molar-refractivity contribution >= 4 is 42.4 Å². The number of amides is 1. The number of thiazole rings is 1. The number of aromatic nitrogens is 1. The number of sulfone groups is 1. The molecule has 1 atom stereocenters. The molecule has 1 aliphatic rings. The molecule has 1 aromatic heterocycles. The highest BCUT2D eigenvalue weighted by molar-refractivity contribution is 7.90. The summed E-state index contributed by atoms with van der Waals surface area (Å²) in [7, 11) is -3.32. The molecule has 3 aromatic rings. The van der Waals surface area contributed by atoms with Crippen LogP contribution in [0.2, 0.25) is 0 Å². The zero-order valence-electron chi connectivity index (χ0n) is 17.0. The van der Waals surface area contributed by atoms with Gasteiger partial charge in [0.15, 0.2) is 15.0 Å². The molecule has 9 heteroatoms. The number of carbonyl (C=O) groups excluding carboxylic acids is 1. The number of rotatable bonds is 6. The number of benzene rings is 2. The SMILES string of the molecule is CS(=O)(=O)c1ccc(C(CC2CCOCC2)C(=O)Nc2nc3ccc(F)cc3s2)cc1. The van der Waals surface area contributed by atoms with Gasteiger partial charge >= 0.3 is 0 Å². The molecule has 164 valence electrons. The van der Waals surface area contributed by atoms with Gasteiger partial charge in [-0.2, -0.15) is 0 Å². The van der Waals surface area contributed by atoms with Crippen LogP contribution >= 0.6 is 11.3 Å². The predicted octanol–water partition coefficient (Wildman–Crippen LogP) is 4.38. The van der Waals surface area contributed by atoms with Crippen molar-refractivity contribution < 1.29 is 22.3 Å². The first-order valence-corrected chi connectivity index (χ1v) is 12.7. The van der Waals surface area contributed by atoms with E-state index in [-0.39, 0.29) is 16.6 Å². The van der Waals surface area contributed by atoms with Crippen LogP contribution in [-0.2, 0) is 19.4 Å². The molecule has 2 heterocycles. The Hall–Kier alpha value is -2.36. The van der Waals surface area contributed by atoms with Crippen LogP contribution in [0.3, 0.4) is 0 Å². The van der Waals surface area contributed by atoms with Crippen molar-refractivity contribution in [1.82, 2.24) is 4.98 Å². The van der Waals surface area contributed by atoms with E-state index in [9.17, 15) is 17.6 Å². The molecule has 1 fully saturated rings. The summed E-state index contributed by atoms with van der Waals surface area (Å²) in [5, 5.41) is 3.29. The van der Waals surface area contributed by atoms with Gasteiger partial charge in [0.05, 0.1) is 21.0 Å². The second kappa shape index (κ2) is 9.02. The van der Waals surface area contributed by atoms with Crippen LogP contribution in [0, 0.1) is 11.7 Å². The van der Waals surface area contributed by atoms with Crippen molar-refractivity contribution in [3.05, 3.63) is 53.8 Å². The Bertz CT molecular complexity index is 1190. The molecule has 0 saturated carbocycles. The van der Waals surface area contributed by atoms with Crippen LogP contribution in [0.5, 0.6) is 0 Å². The normalized spacial score (nSPS) is 16.3. The average Bonchev–Trinajstić information content (AvgIpc) is 3.13. The number of halogens is 1. The Morgan fingerprint density at radius 3 is 2.61 bits per heavy atom. The summed E-state index contributed by atoms with van der Waals surface area (Å²) in [6, 6.07) is 10.8. The zero-order valence-corrected chi connectivity index (χ0v) is 18.6. The Morgan fingerprint density at radius 2 is 1.94 bits per heavy atom. The van der Waals surface area contributed by atoms with E-state index < -0.39 is 15.8 Å². The summed E-state index contributed by atoms with van der Waals surface area (Å²) < 4.78 is 43.1. The molecule has 2 aromatic carbocycles. The summed E-state index contributed by atoms with van der Waals surface area (Å²) >= 11 is 1.22. The van der Waals surface area contributed by atoms with Crippen molar-refractivity contribution in [1.29, 1.82) is 0 Å². The molecular weight excluding hydrogens is 439 g/mol. The Labute approximate surface area is 184 Å². The second-order valence-electron chi connectivity index (χ2n) is 7.81. The lowest BCUT2D eigenvalue weighted by molar-refractivity contribution is -0.118. The lowest BCUT2D eigenvalue weighted by Gasteiger charge is -2.26. The molecule has 0 aliphatic carbocycles. The van der Waals surface area contributed by atoms with Crippen LogP contribution in [0.25, 0.3) is 10.2 Å². The number of hydrogen-bond donors (Lipinski definition) is 1. The van der Waals surface area contributed by atoms with Crippen molar-refractivity contribution in [2.45, 2.75) is 30.1 Å².